The molecule has 0 saturated heterocycles. The third kappa shape index (κ3) is 6.34. The Labute approximate surface area is 142 Å². The first-order valence-corrected chi connectivity index (χ1v) is 9.81. The van der Waals surface area contributed by atoms with Gasteiger partial charge in [-0.1, -0.05) is 64.7 Å². The van der Waals surface area contributed by atoms with Gasteiger partial charge in [-0.2, -0.15) is 4.98 Å². The molecule has 0 bridgehead atoms. The fourth-order valence-corrected chi connectivity index (χ4v) is 3.43. The lowest BCUT2D eigenvalue weighted by Crippen LogP contribution is -2.08. The van der Waals surface area contributed by atoms with E-state index in [0.717, 1.165) is 17.8 Å². The van der Waals surface area contributed by atoms with Crippen LogP contribution in [-0.4, -0.2) is 11.5 Å². The maximum absolute atomic E-state index is 11.7. The smallest absolute Gasteiger partial charge is 0.349 e. The Bertz CT molecular complexity index is 621. The van der Waals surface area contributed by atoms with Crippen LogP contribution in [0.3, 0.4) is 0 Å². The normalized spacial score (nSPS) is 11.2. The summed E-state index contributed by atoms with van der Waals surface area (Å²) in [5, 5.41) is 5.55. The molecule has 0 unspecified atom stereocenters. The molecule has 0 saturated carbocycles. The number of rotatable bonds is 12. The number of anilines is 1. The number of nitrogens with one attached hydrogen (secondary N) is 1. The van der Waals surface area contributed by atoms with Crippen molar-refractivity contribution in [1.29, 1.82) is 0 Å². The molecular weight excluding hydrogens is 308 g/mol. The molecule has 2 heterocycles. The SMILES string of the molecule is CCCCCCCCCCCCNc1nc2sccc2c(=O)o1. The third-order valence-corrected chi connectivity index (χ3v) is 4.87. The largest absolute Gasteiger partial charge is 0.389 e. The van der Waals surface area contributed by atoms with E-state index in [2.05, 4.69) is 17.2 Å². The van der Waals surface area contributed by atoms with E-state index >= 15 is 0 Å². The molecule has 5 heteroatoms. The summed E-state index contributed by atoms with van der Waals surface area (Å²) in [6.07, 6.45) is 13.2. The first-order valence-electron chi connectivity index (χ1n) is 8.93. The predicted molar refractivity (Wildman–Crippen MR) is 98.5 cm³/mol. The lowest BCUT2D eigenvalue weighted by atomic mass is 10.1. The van der Waals surface area contributed by atoms with E-state index in [9.17, 15) is 4.79 Å². The molecule has 23 heavy (non-hydrogen) atoms. The van der Waals surface area contributed by atoms with E-state index < -0.39 is 0 Å². The van der Waals surface area contributed by atoms with Crippen LogP contribution in [0.15, 0.2) is 20.7 Å². The number of aromatic nitrogens is 1. The molecule has 2 rings (SSSR count). The summed E-state index contributed by atoms with van der Waals surface area (Å²) in [5.74, 6) is 0. The highest BCUT2D eigenvalue weighted by Gasteiger charge is 2.06. The highest BCUT2D eigenvalue weighted by atomic mass is 32.1. The average Bonchev–Trinajstić information content (AvgIpc) is 3.02. The molecular formula is C18H28N2O2S. The van der Waals surface area contributed by atoms with Gasteiger partial charge in [0, 0.05) is 6.54 Å². The minimum atomic E-state index is -0.304. The van der Waals surface area contributed by atoms with Crippen LogP contribution in [-0.2, 0) is 0 Å². The number of nitrogens with zero attached hydrogens (tertiary/aromatic N) is 1. The Morgan fingerprint density at radius 2 is 1.70 bits per heavy atom. The van der Waals surface area contributed by atoms with Gasteiger partial charge in [0.25, 0.3) is 6.01 Å². The summed E-state index contributed by atoms with van der Waals surface area (Å²) in [7, 11) is 0. The number of hydrogen-bond donors (Lipinski definition) is 1. The maximum atomic E-state index is 11.7. The molecule has 2 aromatic heterocycles. The molecule has 2 aromatic rings. The topological polar surface area (TPSA) is 55.1 Å². The summed E-state index contributed by atoms with van der Waals surface area (Å²) < 4.78 is 5.17. The van der Waals surface area contributed by atoms with E-state index in [1.54, 1.807) is 6.07 Å². The van der Waals surface area contributed by atoms with Crippen molar-refractivity contribution in [2.75, 3.05) is 11.9 Å². The summed E-state index contributed by atoms with van der Waals surface area (Å²) >= 11 is 1.46. The minimum absolute atomic E-state index is 0.304. The van der Waals surface area contributed by atoms with E-state index in [1.807, 2.05) is 5.38 Å². The quantitative estimate of drug-likeness (QED) is 0.514. The molecule has 0 fully saturated rings. The van der Waals surface area contributed by atoms with Crippen molar-refractivity contribution in [2.45, 2.75) is 71.1 Å². The summed E-state index contributed by atoms with van der Waals surface area (Å²) in [6.45, 7) is 3.07. The highest BCUT2D eigenvalue weighted by molar-refractivity contribution is 7.16. The van der Waals surface area contributed by atoms with Gasteiger partial charge in [0.2, 0.25) is 0 Å². The van der Waals surface area contributed by atoms with E-state index in [-0.39, 0.29) is 5.63 Å². The average molecular weight is 337 g/mol. The van der Waals surface area contributed by atoms with Crippen LogP contribution >= 0.6 is 11.3 Å². The van der Waals surface area contributed by atoms with Crippen LogP contribution in [0.1, 0.15) is 71.1 Å². The highest BCUT2D eigenvalue weighted by Crippen LogP contribution is 2.17. The van der Waals surface area contributed by atoms with Gasteiger partial charge in [-0.3, -0.25) is 0 Å². The molecule has 0 atom stereocenters. The summed E-state index contributed by atoms with van der Waals surface area (Å²) in [5.41, 5.74) is -0.304. The molecule has 0 aliphatic heterocycles. The van der Waals surface area contributed by atoms with Crippen molar-refractivity contribution in [3.63, 3.8) is 0 Å². The van der Waals surface area contributed by atoms with Crippen molar-refractivity contribution in [2.24, 2.45) is 0 Å². The van der Waals surface area contributed by atoms with Crippen molar-refractivity contribution in [3.8, 4) is 0 Å². The van der Waals surface area contributed by atoms with Crippen LogP contribution in [0, 0.1) is 0 Å². The zero-order valence-electron chi connectivity index (χ0n) is 14.1. The Balaban J connectivity index is 1.52. The predicted octanol–water partition coefficient (Wildman–Crippen LogP) is 5.58. The third-order valence-electron chi connectivity index (χ3n) is 4.06. The number of unbranched alkanes of at least 4 members (excludes halogenated alkanes) is 9. The molecule has 0 aliphatic rings. The van der Waals surface area contributed by atoms with Crippen molar-refractivity contribution < 1.29 is 4.42 Å². The second kappa shape index (κ2) is 10.4. The van der Waals surface area contributed by atoms with Gasteiger partial charge in [-0.05, 0) is 17.9 Å². The monoisotopic (exact) mass is 336 g/mol. The Kier molecular flexibility index (Phi) is 8.15. The Morgan fingerprint density at radius 3 is 2.39 bits per heavy atom. The van der Waals surface area contributed by atoms with Crippen LogP contribution in [0.25, 0.3) is 10.2 Å². The van der Waals surface area contributed by atoms with Crippen LogP contribution in [0.4, 0.5) is 6.01 Å². The Hall–Kier alpha value is -1.36. The fourth-order valence-electron chi connectivity index (χ4n) is 2.68. The van der Waals surface area contributed by atoms with E-state index in [1.165, 1.54) is 69.1 Å². The number of fused-ring (bicyclic) bond motifs is 1. The standard InChI is InChI=1S/C18H28N2O2S/c1-2-3-4-5-6-7-8-9-10-11-13-19-18-20-16-15(12-14-23-16)17(21)22-18/h12,14H,2-11,13H2,1H3,(H,19,20). The zero-order chi connectivity index (χ0) is 16.3. The number of hydrogen-bond acceptors (Lipinski definition) is 5. The van der Waals surface area contributed by atoms with Gasteiger partial charge >= 0.3 is 5.63 Å². The van der Waals surface area contributed by atoms with Gasteiger partial charge < -0.3 is 9.73 Å². The fraction of sp³-hybridized carbons (Fsp3) is 0.667. The van der Waals surface area contributed by atoms with Crippen LogP contribution in [0.5, 0.6) is 0 Å². The second-order valence-electron chi connectivity index (χ2n) is 6.05. The second-order valence-corrected chi connectivity index (χ2v) is 6.95. The first-order chi connectivity index (χ1) is 11.3. The lowest BCUT2D eigenvalue weighted by Gasteiger charge is -2.04. The first kappa shape index (κ1) is 18.0. The molecule has 1 N–H and O–H groups in total. The van der Waals surface area contributed by atoms with E-state index in [4.69, 9.17) is 4.42 Å². The van der Waals surface area contributed by atoms with Crippen molar-refractivity contribution >= 4 is 27.6 Å². The molecule has 0 spiro atoms. The van der Waals surface area contributed by atoms with Gasteiger partial charge in [0.05, 0.1) is 5.39 Å². The van der Waals surface area contributed by atoms with Gasteiger partial charge in [0.1, 0.15) is 4.83 Å². The molecule has 0 amide bonds. The molecule has 0 aromatic carbocycles. The van der Waals surface area contributed by atoms with Gasteiger partial charge in [-0.25, -0.2) is 4.79 Å². The Morgan fingerprint density at radius 1 is 1.04 bits per heavy atom. The van der Waals surface area contributed by atoms with Gasteiger partial charge in [0.15, 0.2) is 0 Å². The molecule has 4 nitrogen and oxygen atoms in total. The molecule has 0 aliphatic carbocycles. The van der Waals surface area contributed by atoms with Crippen molar-refractivity contribution in [1.82, 2.24) is 4.98 Å². The summed E-state index contributed by atoms with van der Waals surface area (Å²) in [4.78, 5) is 16.8. The summed E-state index contributed by atoms with van der Waals surface area (Å²) in [6, 6.07) is 2.10. The van der Waals surface area contributed by atoms with Crippen LogP contribution < -0.4 is 10.9 Å². The van der Waals surface area contributed by atoms with Crippen LogP contribution in [0.2, 0.25) is 0 Å². The maximum Gasteiger partial charge on any atom is 0.349 e. The van der Waals surface area contributed by atoms with E-state index in [0.29, 0.717) is 11.4 Å². The minimum Gasteiger partial charge on any atom is -0.389 e. The molecule has 0 radical (unpaired) electrons. The lowest BCUT2D eigenvalue weighted by molar-refractivity contribution is 0.513. The van der Waals surface area contributed by atoms with Gasteiger partial charge in [-0.15, -0.1) is 11.3 Å². The van der Waals surface area contributed by atoms with Crippen molar-refractivity contribution in [3.05, 3.63) is 21.9 Å². The number of thiophene rings is 1. The molecule has 128 valence electrons. The zero-order valence-corrected chi connectivity index (χ0v) is 14.9.